The number of hydroxylamine groups is 2. The molecule has 2 saturated heterocycles. The molecule has 2 aromatic heterocycles. The average Bonchev–Trinajstić information content (AvgIpc) is 3.31. The van der Waals surface area contributed by atoms with Crippen LogP contribution >= 0.6 is 23.2 Å². The van der Waals surface area contributed by atoms with Gasteiger partial charge in [-0.1, -0.05) is 23.2 Å². The minimum Gasteiger partial charge on any atom is -0.455 e. The number of alkyl halides is 8. The van der Waals surface area contributed by atoms with E-state index in [9.17, 15) is 26.3 Å². The van der Waals surface area contributed by atoms with Crippen LogP contribution in [0.1, 0.15) is 17.5 Å². The number of carbonyl (C=O) groups excluding carboxylic acids is 1. The molecular weight excluding hydrogens is 955 g/mol. The largest absolute Gasteiger partial charge is 0.473 e. The number of morpholine rings is 2. The summed E-state index contributed by atoms with van der Waals surface area (Å²) in [5.41, 5.74) is -3.43. The summed E-state index contributed by atoms with van der Waals surface area (Å²) in [4.78, 5) is 43.8. The summed E-state index contributed by atoms with van der Waals surface area (Å²) in [5, 5.41) is 0.771. The van der Waals surface area contributed by atoms with Crippen molar-refractivity contribution < 1.29 is 59.0 Å². The zero-order chi connectivity index (χ0) is 48.0. The summed E-state index contributed by atoms with van der Waals surface area (Å²) < 4.78 is 134. The molecule has 1 aliphatic carbocycles. The van der Waals surface area contributed by atoms with Crippen LogP contribution in [0.5, 0.6) is 11.5 Å². The third-order valence-electron chi connectivity index (χ3n) is 11.1. The van der Waals surface area contributed by atoms with Gasteiger partial charge in [-0.05, 0) is 54.6 Å². The zero-order valence-corrected chi connectivity index (χ0v) is 36.6. The van der Waals surface area contributed by atoms with Crippen LogP contribution in [0, 0.1) is 0 Å². The topological polar surface area (TPSA) is 124 Å². The molecule has 0 bridgehead atoms. The number of hydrogen-bond donors (Lipinski definition) is 1. The minimum atomic E-state index is -5.15. The monoisotopic (exact) mass is 989 g/mol. The number of aromatic nitrogens is 4. The van der Waals surface area contributed by atoms with E-state index in [0.29, 0.717) is 93.5 Å². The van der Waals surface area contributed by atoms with E-state index >= 15 is 13.6 Å². The Morgan fingerprint density at radius 1 is 0.691 bits per heavy atom. The lowest BCUT2D eigenvalue weighted by atomic mass is 10.0. The number of nitrogens with one attached hydrogen (secondary N) is 1. The molecule has 0 radical (unpaired) electrons. The SMILES string of the molecule is O=C(Nc1ccc(Cl)c(C(F)(F)F)c1)[N+](Oc1ccc2ncc(N3CCOCC3)nc2c1)(C1=CCC(F)(F)C(Oc2ccc3ncc(N4CCOCC4)nc3c2)=C1)c1ccc(Cl)c(C(F)(F)F)c1. The first-order valence-corrected chi connectivity index (χ1v) is 21.4. The van der Waals surface area contributed by atoms with E-state index in [1.807, 2.05) is 9.80 Å². The number of nitrogens with zero attached hydrogens (tertiary/aromatic N) is 7. The molecule has 6 aromatic rings. The third-order valence-corrected chi connectivity index (χ3v) is 11.8. The Morgan fingerprint density at radius 3 is 1.79 bits per heavy atom. The van der Waals surface area contributed by atoms with Crippen LogP contribution in [0.25, 0.3) is 22.1 Å². The van der Waals surface area contributed by atoms with Crippen molar-refractivity contribution >= 4 is 74.3 Å². The van der Waals surface area contributed by atoms with Crippen molar-refractivity contribution in [1.82, 2.24) is 24.6 Å². The number of hydrogen-bond acceptors (Lipinski definition) is 11. The van der Waals surface area contributed by atoms with Gasteiger partial charge in [-0.25, -0.2) is 14.8 Å². The van der Waals surface area contributed by atoms with Gasteiger partial charge < -0.3 is 24.0 Å². The van der Waals surface area contributed by atoms with Crippen LogP contribution in [-0.4, -0.2) is 84.5 Å². The highest BCUT2D eigenvalue weighted by Crippen LogP contribution is 2.45. The van der Waals surface area contributed by atoms with E-state index in [-0.39, 0.29) is 22.5 Å². The molecule has 1 atom stereocenters. The standard InChI is InChI=1S/C45H34Cl2F8N8O5/c46-33-5-1-26(19-31(33)44(50,51)52)58-42(64)63(27-2-6-34(47)32(20-27)45(53,54)55,68-30-4-8-36-38(23-30)60-41(25-57-36)62-13-17-66-18-14-62)28-9-10-43(48,49)39(21-28)67-29-3-7-35-37(22-29)59-40(24-56-35)61-11-15-65-16-12-61/h1-9,19-25H,10-18H2/p+1. The Kier molecular flexibility index (Phi) is 12.5. The second-order valence-electron chi connectivity index (χ2n) is 15.6. The Bertz CT molecular complexity index is 2980. The first-order valence-electron chi connectivity index (χ1n) is 20.7. The van der Waals surface area contributed by atoms with Crippen molar-refractivity contribution in [2.75, 3.05) is 67.7 Å². The molecule has 23 heteroatoms. The van der Waals surface area contributed by atoms with Gasteiger partial charge in [0.25, 0.3) is 0 Å². The van der Waals surface area contributed by atoms with Crippen molar-refractivity contribution in [2.45, 2.75) is 24.7 Å². The summed E-state index contributed by atoms with van der Waals surface area (Å²) in [6.07, 6.45) is -6.73. The second kappa shape index (κ2) is 18.3. The van der Waals surface area contributed by atoms with Crippen LogP contribution in [0.3, 0.4) is 0 Å². The lowest BCUT2D eigenvalue weighted by molar-refractivity contribution is -0.138. The quantitative estimate of drug-likeness (QED) is 0.0846. The summed E-state index contributed by atoms with van der Waals surface area (Å²) in [6, 6.07) is 11.4. The molecule has 1 N–H and O–H groups in total. The maximum Gasteiger partial charge on any atom is 0.473 e. The molecule has 9 rings (SSSR count). The van der Waals surface area contributed by atoms with Gasteiger partial charge in [-0.2, -0.15) is 35.1 Å². The van der Waals surface area contributed by atoms with Gasteiger partial charge in [0, 0.05) is 73.3 Å². The molecule has 13 nitrogen and oxygen atoms in total. The fourth-order valence-electron chi connectivity index (χ4n) is 7.69. The fraction of sp³-hybridized carbons (Fsp3) is 0.267. The molecule has 0 saturated carbocycles. The number of allylic oxidation sites excluding steroid dienone is 3. The fourth-order valence-corrected chi connectivity index (χ4v) is 8.14. The van der Waals surface area contributed by atoms with Crippen molar-refractivity contribution in [2.24, 2.45) is 0 Å². The van der Waals surface area contributed by atoms with E-state index in [2.05, 4.69) is 25.3 Å². The predicted octanol–water partition coefficient (Wildman–Crippen LogP) is 11.0. The van der Waals surface area contributed by atoms with Crippen LogP contribution in [-0.2, 0) is 21.8 Å². The van der Waals surface area contributed by atoms with Gasteiger partial charge in [0.15, 0.2) is 22.9 Å². The van der Waals surface area contributed by atoms with E-state index in [1.165, 1.54) is 42.6 Å². The van der Waals surface area contributed by atoms with Gasteiger partial charge in [0.05, 0.1) is 82.1 Å². The lowest BCUT2D eigenvalue weighted by Gasteiger charge is -2.35. The third kappa shape index (κ3) is 9.53. The van der Waals surface area contributed by atoms with Crippen molar-refractivity contribution in [3.8, 4) is 11.5 Å². The number of carbonyl (C=O) groups is 1. The second-order valence-corrected chi connectivity index (χ2v) is 16.4. The van der Waals surface area contributed by atoms with Crippen LogP contribution in [0.4, 0.5) is 62.9 Å². The normalized spacial score (nSPS) is 17.6. The molecule has 1 unspecified atom stereocenters. The molecule has 2 aliphatic heterocycles. The van der Waals surface area contributed by atoms with E-state index in [4.69, 9.17) is 42.3 Å². The number of rotatable bonds is 9. The van der Waals surface area contributed by atoms with Gasteiger partial charge in [0.2, 0.25) is 0 Å². The lowest BCUT2D eigenvalue weighted by Crippen LogP contribution is -2.58. The number of urea groups is 1. The number of quaternary nitrogens is 1. The summed E-state index contributed by atoms with van der Waals surface area (Å²) >= 11 is 12.0. The highest BCUT2D eigenvalue weighted by atomic mass is 35.5. The Hall–Kier alpha value is -6.39. The molecule has 4 aromatic carbocycles. The maximum atomic E-state index is 16.2. The first-order chi connectivity index (χ1) is 32.4. The van der Waals surface area contributed by atoms with Crippen molar-refractivity contribution in [1.29, 1.82) is 0 Å². The van der Waals surface area contributed by atoms with Crippen molar-refractivity contribution in [3.05, 3.63) is 130 Å². The number of fused-ring (bicyclic) bond motifs is 2. The molecule has 3 aliphatic rings. The van der Waals surface area contributed by atoms with Gasteiger partial charge in [0.1, 0.15) is 17.4 Å². The average molecular weight is 991 g/mol. The summed E-state index contributed by atoms with van der Waals surface area (Å²) in [5.74, 6) is -4.38. The van der Waals surface area contributed by atoms with E-state index in [0.717, 1.165) is 30.3 Å². The maximum absolute atomic E-state index is 16.2. The predicted molar refractivity (Wildman–Crippen MR) is 236 cm³/mol. The number of benzene rings is 4. The smallest absolute Gasteiger partial charge is 0.455 e. The molecule has 2 fully saturated rings. The Labute approximate surface area is 390 Å². The zero-order valence-electron chi connectivity index (χ0n) is 35.1. The van der Waals surface area contributed by atoms with Crippen LogP contribution < -0.4 is 29.3 Å². The highest BCUT2D eigenvalue weighted by molar-refractivity contribution is 6.32. The number of amides is 2. The van der Waals surface area contributed by atoms with Gasteiger partial charge in [-0.3, -0.25) is 20.1 Å². The number of halogens is 10. The minimum absolute atomic E-state index is 0.155. The van der Waals surface area contributed by atoms with Crippen LogP contribution in [0.2, 0.25) is 10.0 Å². The molecule has 354 valence electrons. The highest BCUT2D eigenvalue weighted by Gasteiger charge is 2.53. The molecule has 0 spiro atoms. The molecular formula is C45H35Cl2F8N8O5+. The molecule has 68 heavy (non-hydrogen) atoms. The Morgan fingerprint density at radius 2 is 1.22 bits per heavy atom. The summed E-state index contributed by atoms with van der Waals surface area (Å²) in [6.45, 7) is 3.75. The van der Waals surface area contributed by atoms with E-state index < -0.39 is 79.4 Å². The molecule has 2 amide bonds. The van der Waals surface area contributed by atoms with E-state index in [1.54, 1.807) is 6.20 Å². The number of ether oxygens (including phenoxy) is 3. The van der Waals surface area contributed by atoms with Gasteiger partial charge in [-0.15, -0.1) is 0 Å². The van der Waals surface area contributed by atoms with Gasteiger partial charge >= 0.3 is 24.3 Å². The Balaban J connectivity index is 1.21. The van der Waals surface area contributed by atoms with Crippen molar-refractivity contribution in [3.63, 3.8) is 0 Å². The first kappa shape index (κ1) is 46.7. The number of anilines is 3. The summed E-state index contributed by atoms with van der Waals surface area (Å²) in [7, 11) is 0. The molecule has 4 heterocycles. The van der Waals surface area contributed by atoms with Crippen LogP contribution in [0.15, 0.2) is 109 Å².